The Labute approximate surface area is 168 Å². The van der Waals surface area contributed by atoms with Gasteiger partial charge in [-0.15, -0.1) is 10.2 Å². The number of phenols is 1. The third kappa shape index (κ3) is 4.25. The van der Waals surface area contributed by atoms with Crippen LogP contribution in [0.1, 0.15) is 22.3 Å². The summed E-state index contributed by atoms with van der Waals surface area (Å²) in [5, 5.41) is 29.0. The number of anilines is 1. The minimum Gasteiger partial charge on any atom is -0.508 e. The highest BCUT2D eigenvalue weighted by Crippen LogP contribution is 2.24. The van der Waals surface area contributed by atoms with Crippen molar-refractivity contribution in [1.29, 1.82) is 5.26 Å². The number of aromatic nitrogens is 3. The van der Waals surface area contributed by atoms with Gasteiger partial charge in [-0.2, -0.15) is 5.26 Å². The van der Waals surface area contributed by atoms with E-state index in [1.54, 1.807) is 29.5 Å². The molecule has 0 bridgehead atoms. The van der Waals surface area contributed by atoms with Gasteiger partial charge in [0.1, 0.15) is 18.4 Å². The van der Waals surface area contributed by atoms with Crippen LogP contribution in [0.5, 0.6) is 5.75 Å². The maximum Gasteiger partial charge on any atom is 0.139 e. The van der Waals surface area contributed by atoms with Crippen LogP contribution < -0.4 is 5.01 Å². The molecule has 6 nitrogen and oxygen atoms in total. The summed E-state index contributed by atoms with van der Waals surface area (Å²) in [6.45, 7) is 0.551. The van der Waals surface area contributed by atoms with Gasteiger partial charge in [0.2, 0.25) is 0 Å². The van der Waals surface area contributed by atoms with E-state index in [0.29, 0.717) is 18.5 Å². The zero-order valence-electron chi connectivity index (χ0n) is 15.7. The van der Waals surface area contributed by atoms with Gasteiger partial charge in [-0.05, 0) is 53.4 Å². The van der Waals surface area contributed by atoms with Gasteiger partial charge in [0.15, 0.2) is 0 Å². The molecule has 0 radical (unpaired) electrons. The molecule has 4 aromatic rings. The van der Waals surface area contributed by atoms with Crippen LogP contribution in [-0.4, -0.2) is 20.0 Å². The molecule has 4 rings (SSSR count). The molecule has 1 N–H and O–H groups in total. The molecule has 6 heteroatoms. The third-order valence-electron chi connectivity index (χ3n) is 4.70. The highest BCUT2D eigenvalue weighted by Gasteiger charge is 2.13. The zero-order valence-corrected chi connectivity index (χ0v) is 15.7. The van der Waals surface area contributed by atoms with Crippen molar-refractivity contribution < 1.29 is 5.11 Å². The van der Waals surface area contributed by atoms with Crippen molar-refractivity contribution in [1.82, 2.24) is 14.9 Å². The summed E-state index contributed by atoms with van der Waals surface area (Å²) in [6, 6.07) is 25.3. The fraction of sp³-hybridized carbons (Fsp3) is 0.0870. The predicted molar refractivity (Wildman–Crippen MR) is 110 cm³/mol. The molecule has 0 amide bonds. The molecule has 1 aromatic heterocycles. The van der Waals surface area contributed by atoms with Gasteiger partial charge in [-0.3, -0.25) is 5.01 Å². The van der Waals surface area contributed by atoms with Crippen molar-refractivity contribution in [2.45, 2.75) is 13.0 Å². The minimum absolute atomic E-state index is 0.230. The topological polar surface area (TPSA) is 78.0 Å². The van der Waals surface area contributed by atoms with E-state index in [9.17, 15) is 10.4 Å². The fourth-order valence-electron chi connectivity index (χ4n) is 3.21. The van der Waals surface area contributed by atoms with Gasteiger partial charge >= 0.3 is 0 Å². The molecular formula is C23H19N5O. The van der Waals surface area contributed by atoms with Crippen LogP contribution in [0.3, 0.4) is 0 Å². The molecule has 29 heavy (non-hydrogen) atoms. The maximum atomic E-state index is 9.56. The quantitative estimate of drug-likeness (QED) is 0.548. The lowest BCUT2D eigenvalue weighted by atomic mass is 9.99. The zero-order chi connectivity index (χ0) is 20.1. The molecule has 3 aromatic carbocycles. The molecule has 0 fully saturated rings. The van der Waals surface area contributed by atoms with Crippen molar-refractivity contribution in [3.63, 3.8) is 0 Å². The van der Waals surface area contributed by atoms with E-state index in [-0.39, 0.29) is 5.75 Å². The normalized spacial score (nSPS) is 10.4. The summed E-state index contributed by atoms with van der Waals surface area (Å²) in [4.78, 5) is 0. The lowest BCUT2D eigenvalue weighted by Gasteiger charge is -2.26. The van der Waals surface area contributed by atoms with E-state index < -0.39 is 0 Å². The molecule has 0 unspecified atom stereocenters. The van der Waals surface area contributed by atoms with Gasteiger partial charge in [0.05, 0.1) is 23.9 Å². The molecule has 0 atom stereocenters. The average molecular weight is 381 g/mol. The molecule has 0 saturated heterocycles. The monoisotopic (exact) mass is 381 g/mol. The van der Waals surface area contributed by atoms with Crippen LogP contribution in [0.25, 0.3) is 0 Å². The Kier molecular flexibility index (Phi) is 5.21. The number of aromatic hydroxyl groups is 1. The largest absolute Gasteiger partial charge is 0.508 e. The van der Waals surface area contributed by atoms with Crippen LogP contribution in [0.15, 0.2) is 85.5 Å². The lowest BCUT2D eigenvalue weighted by Crippen LogP contribution is -2.28. The van der Waals surface area contributed by atoms with Crippen molar-refractivity contribution in [2.75, 3.05) is 5.01 Å². The van der Waals surface area contributed by atoms with Crippen LogP contribution in [0.4, 0.5) is 5.69 Å². The molecule has 0 aliphatic carbocycles. The highest BCUT2D eigenvalue weighted by molar-refractivity contribution is 5.55. The summed E-state index contributed by atoms with van der Waals surface area (Å²) < 4.78 is 1.81. The van der Waals surface area contributed by atoms with Crippen molar-refractivity contribution >= 4 is 5.69 Å². The minimum atomic E-state index is 0.230. The van der Waals surface area contributed by atoms with E-state index in [4.69, 9.17) is 0 Å². The number of nitrogens with zero attached hydrogens (tertiary/aromatic N) is 5. The first kappa shape index (κ1) is 18.3. The molecule has 0 spiro atoms. The van der Waals surface area contributed by atoms with Crippen molar-refractivity contribution in [3.8, 4) is 11.8 Å². The first-order valence-corrected chi connectivity index (χ1v) is 9.20. The van der Waals surface area contributed by atoms with E-state index in [2.05, 4.69) is 28.4 Å². The summed E-state index contributed by atoms with van der Waals surface area (Å²) in [5.41, 5.74) is 4.70. The van der Waals surface area contributed by atoms with Crippen molar-refractivity contribution in [2.24, 2.45) is 0 Å². The van der Waals surface area contributed by atoms with Crippen LogP contribution >= 0.6 is 0 Å². The molecule has 0 aliphatic heterocycles. The Morgan fingerprint density at radius 3 is 2.31 bits per heavy atom. The Morgan fingerprint density at radius 2 is 1.62 bits per heavy atom. The standard InChI is InChI=1S/C23H19N5O/c24-14-20-8-9-22(13-21(20)12-18-4-2-1-3-5-18)28(27-16-25-26-17-27)15-19-6-10-23(29)11-7-19/h1-11,13,16-17,29H,12,15H2. The summed E-state index contributed by atoms with van der Waals surface area (Å²) in [7, 11) is 0. The molecule has 0 saturated carbocycles. The first-order chi connectivity index (χ1) is 14.2. The van der Waals surface area contributed by atoms with Gasteiger partial charge in [0.25, 0.3) is 0 Å². The van der Waals surface area contributed by atoms with E-state index in [0.717, 1.165) is 22.4 Å². The second-order valence-electron chi connectivity index (χ2n) is 6.68. The SMILES string of the molecule is N#Cc1ccc(N(Cc2ccc(O)cc2)n2cnnc2)cc1Cc1ccccc1. The fourth-order valence-corrected chi connectivity index (χ4v) is 3.21. The second-order valence-corrected chi connectivity index (χ2v) is 6.68. The van der Waals surface area contributed by atoms with Gasteiger partial charge in [-0.25, -0.2) is 4.68 Å². The Bertz CT molecular complexity index is 1120. The molecule has 1 heterocycles. The highest BCUT2D eigenvalue weighted by atomic mass is 16.3. The van der Waals surface area contributed by atoms with Crippen LogP contribution in [0, 0.1) is 11.3 Å². The Balaban J connectivity index is 1.71. The number of benzene rings is 3. The number of phenolic OH excluding ortho intramolecular Hbond substituents is 1. The van der Waals surface area contributed by atoms with Gasteiger partial charge in [0, 0.05) is 0 Å². The summed E-state index contributed by atoms with van der Waals surface area (Å²) >= 11 is 0. The van der Waals surface area contributed by atoms with Crippen LogP contribution in [0.2, 0.25) is 0 Å². The average Bonchev–Trinajstić information content (AvgIpc) is 3.29. The third-order valence-corrected chi connectivity index (χ3v) is 4.70. The molecule has 0 aliphatic rings. The Morgan fingerprint density at radius 1 is 0.897 bits per heavy atom. The number of nitriles is 1. The van der Waals surface area contributed by atoms with E-state index in [1.165, 1.54) is 0 Å². The molecule has 142 valence electrons. The number of hydrogen-bond donors (Lipinski definition) is 1. The number of hydrogen-bond acceptors (Lipinski definition) is 5. The summed E-state index contributed by atoms with van der Waals surface area (Å²) in [5.74, 6) is 0.230. The Hall–Kier alpha value is -4.11. The number of rotatable bonds is 6. The van der Waals surface area contributed by atoms with Gasteiger partial charge in [-0.1, -0.05) is 42.5 Å². The second kappa shape index (κ2) is 8.28. The van der Waals surface area contributed by atoms with Gasteiger partial charge < -0.3 is 5.11 Å². The summed E-state index contributed by atoms with van der Waals surface area (Å²) in [6.07, 6.45) is 3.94. The molecular weight excluding hydrogens is 362 g/mol. The van der Waals surface area contributed by atoms with Crippen molar-refractivity contribution in [3.05, 3.63) is 108 Å². The lowest BCUT2D eigenvalue weighted by molar-refractivity contribution is 0.475. The maximum absolute atomic E-state index is 9.56. The van der Waals surface area contributed by atoms with E-state index >= 15 is 0 Å². The van der Waals surface area contributed by atoms with Crippen LogP contribution in [-0.2, 0) is 13.0 Å². The van der Waals surface area contributed by atoms with E-state index in [1.807, 2.05) is 53.5 Å². The smallest absolute Gasteiger partial charge is 0.139 e. The predicted octanol–water partition coefficient (Wildman–Crippen LogP) is 3.92. The first-order valence-electron chi connectivity index (χ1n) is 9.20.